The van der Waals surface area contributed by atoms with Crippen molar-refractivity contribution >= 4 is 23.1 Å². The smallest absolute Gasteiger partial charge is 0.358 e. The summed E-state index contributed by atoms with van der Waals surface area (Å²) in [6.45, 7) is 1.41. The van der Waals surface area contributed by atoms with E-state index in [0.717, 1.165) is 5.56 Å². The quantitative estimate of drug-likeness (QED) is 0.632. The van der Waals surface area contributed by atoms with Gasteiger partial charge in [-0.15, -0.1) is 11.3 Å². The van der Waals surface area contributed by atoms with Crippen LogP contribution in [0.1, 0.15) is 37.7 Å². The summed E-state index contributed by atoms with van der Waals surface area (Å²) >= 11 is 1.22. The maximum Gasteiger partial charge on any atom is 0.358 e. The van der Waals surface area contributed by atoms with Crippen LogP contribution in [-0.2, 0) is 11.2 Å². The Morgan fingerprint density at radius 3 is 2.58 bits per heavy atom. The molecule has 0 aliphatic rings. The van der Waals surface area contributed by atoms with E-state index in [1.54, 1.807) is 12.4 Å². The molecule has 0 N–H and O–H groups in total. The van der Waals surface area contributed by atoms with Crippen molar-refractivity contribution in [2.75, 3.05) is 7.11 Å². The third-order valence-electron chi connectivity index (χ3n) is 2.47. The number of ether oxygens (including phenoxy) is 1. The minimum atomic E-state index is -0.581. The molecule has 0 fully saturated rings. The highest BCUT2D eigenvalue weighted by atomic mass is 32.1. The molecule has 0 saturated carbocycles. The van der Waals surface area contributed by atoms with E-state index in [2.05, 4.69) is 14.7 Å². The predicted molar refractivity (Wildman–Crippen MR) is 70.5 cm³/mol. The summed E-state index contributed by atoms with van der Waals surface area (Å²) in [5, 5.41) is 0.705. The van der Waals surface area contributed by atoms with Crippen LogP contribution in [0.5, 0.6) is 0 Å². The molecule has 0 unspecified atom stereocenters. The van der Waals surface area contributed by atoms with Gasteiger partial charge in [-0.2, -0.15) is 0 Å². The molecule has 0 aliphatic carbocycles. The first kappa shape index (κ1) is 13.4. The Labute approximate surface area is 114 Å². The fourth-order valence-corrected chi connectivity index (χ4v) is 2.57. The molecule has 2 aromatic heterocycles. The molecule has 0 aromatic carbocycles. The molecule has 0 bridgehead atoms. The lowest BCUT2D eigenvalue weighted by Crippen LogP contribution is -2.07. The first-order valence-corrected chi connectivity index (χ1v) is 6.41. The molecule has 0 saturated heterocycles. The fourth-order valence-electron chi connectivity index (χ4n) is 1.59. The van der Waals surface area contributed by atoms with Crippen LogP contribution in [0.4, 0.5) is 0 Å². The topological polar surface area (TPSA) is 69.2 Å². The largest absolute Gasteiger partial charge is 0.464 e. The second-order valence-corrected chi connectivity index (χ2v) is 4.95. The Bertz CT molecular complexity index is 608. The lowest BCUT2D eigenvalue weighted by molar-refractivity contribution is 0.0591. The van der Waals surface area contributed by atoms with Crippen molar-refractivity contribution in [3.8, 4) is 0 Å². The minimum Gasteiger partial charge on any atom is -0.464 e. The number of rotatable bonds is 4. The summed E-state index contributed by atoms with van der Waals surface area (Å²) in [6.07, 6.45) is 3.94. The molecule has 2 heterocycles. The van der Waals surface area contributed by atoms with Crippen molar-refractivity contribution in [3.05, 3.63) is 45.7 Å². The zero-order chi connectivity index (χ0) is 13.8. The third kappa shape index (κ3) is 3.03. The number of hydrogen-bond donors (Lipinski definition) is 0. The maximum atomic E-state index is 11.6. The SMILES string of the molecule is COC(=O)c1nc(Cc2ccncc2)sc1C(C)=O. The van der Waals surface area contributed by atoms with Gasteiger partial charge in [-0.05, 0) is 17.7 Å². The van der Waals surface area contributed by atoms with E-state index in [-0.39, 0.29) is 11.5 Å². The molecule has 19 heavy (non-hydrogen) atoms. The van der Waals surface area contributed by atoms with Crippen LogP contribution < -0.4 is 0 Å². The summed E-state index contributed by atoms with van der Waals surface area (Å²) in [6, 6.07) is 3.74. The van der Waals surface area contributed by atoms with Crippen molar-refractivity contribution in [2.45, 2.75) is 13.3 Å². The number of carbonyl (C=O) groups is 2. The highest BCUT2D eigenvalue weighted by Crippen LogP contribution is 2.22. The van der Waals surface area contributed by atoms with Gasteiger partial charge in [-0.3, -0.25) is 9.78 Å². The number of carbonyl (C=O) groups excluding carboxylic acids is 2. The lowest BCUT2D eigenvalue weighted by Gasteiger charge is -1.96. The number of methoxy groups -OCH3 is 1. The first-order chi connectivity index (χ1) is 9.11. The molecule has 5 nitrogen and oxygen atoms in total. The number of pyridine rings is 1. The van der Waals surface area contributed by atoms with Crippen molar-refractivity contribution < 1.29 is 14.3 Å². The Balaban J connectivity index is 2.33. The molecule has 0 atom stereocenters. The predicted octanol–water partition coefficient (Wildman–Crippen LogP) is 2.12. The van der Waals surface area contributed by atoms with Crippen molar-refractivity contribution in [1.82, 2.24) is 9.97 Å². The van der Waals surface area contributed by atoms with Crippen molar-refractivity contribution in [1.29, 1.82) is 0 Å². The summed E-state index contributed by atoms with van der Waals surface area (Å²) in [5.41, 5.74) is 1.12. The Morgan fingerprint density at radius 1 is 1.32 bits per heavy atom. The van der Waals surface area contributed by atoms with Gasteiger partial charge in [0.15, 0.2) is 11.5 Å². The van der Waals surface area contributed by atoms with E-state index >= 15 is 0 Å². The normalized spacial score (nSPS) is 10.2. The Morgan fingerprint density at radius 2 is 2.00 bits per heavy atom. The molecule has 0 radical (unpaired) electrons. The van der Waals surface area contributed by atoms with Crippen molar-refractivity contribution in [3.63, 3.8) is 0 Å². The standard InChI is InChI=1S/C13H12N2O3S/c1-8(16)12-11(13(17)18-2)15-10(19-12)7-9-3-5-14-6-4-9/h3-6H,7H2,1-2H3. The lowest BCUT2D eigenvalue weighted by atomic mass is 10.2. The molecular weight excluding hydrogens is 264 g/mol. The van der Waals surface area contributed by atoms with Gasteiger partial charge in [-0.1, -0.05) is 0 Å². The second kappa shape index (κ2) is 5.71. The van der Waals surface area contributed by atoms with E-state index in [9.17, 15) is 9.59 Å². The minimum absolute atomic E-state index is 0.101. The van der Waals surface area contributed by atoms with Crippen LogP contribution in [0.3, 0.4) is 0 Å². The average molecular weight is 276 g/mol. The third-order valence-corrected chi connectivity index (χ3v) is 3.63. The average Bonchev–Trinajstić information content (AvgIpc) is 2.83. The summed E-state index contributed by atoms with van der Waals surface area (Å²) in [5.74, 6) is -0.763. The van der Waals surface area contributed by atoms with Crippen LogP contribution in [0.25, 0.3) is 0 Å². The number of hydrogen-bond acceptors (Lipinski definition) is 6. The fraction of sp³-hybridized carbons (Fsp3) is 0.231. The van der Waals surface area contributed by atoms with E-state index in [4.69, 9.17) is 0 Å². The Kier molecular flexibility index (Phi) is 4.01. The molecule has 98 valence electrons. The number of nitrogens with zero attached hydrogens (tertiary/aromatic N) is 2. The van der Waals surface area contributed by atoms with Gasteiger partial charge in [0.2, 0.25) is 0 Å². The summed E-state index contributed by atoms with van der Waals surface area (Å²) in [4.78, 5) is 31.5. The van der Waals surface area contributed by atoms with Gasteiger partial charge >= 0.3 is 5.97 Å². The number of thiazole rings is 1. The molecule has 0 spiro atoms. The zero-order valence-corrected chi connectivity index (χ0v) is 11.4. The highest BCUT2D eigenvalue weighted by Gasteiger charge is 2.21. The van der Waals surface area contributed by atoms with E-state index in [1.807, 2.05) is 12.1 Å². The van der Waals surface area contributed by atoms with Crippen LogP contribution in [0.15, 0.2) is 24.5 Å². The van der Waals surface area contributed by atoms with Gasteiger partial charge in [0.1, 0.15) is 4.88 Å². The van der Waals surface area contributed by atoms with Gasteiger partial charge < -0.3 is 4.74 Å². The molecule has 2 rings (SSSR count). The number of esters is 1. The molecule has 0 aliphatic heterocycles. The van der Waals surface area contributed by atoms with Crippen LogP contribution >= 0.6 is 11.3 Å². The van der Waals surface area contributed by atoms with Gasteiger partial charge in [0, 0.05) is 25.7 Å². The van der Waals surface area contributed by atoms with Gasteiger partial charge in [0.05, 0.1) is 12.1 Å². The molecule has 6 heteroatoms. The van der Waals surface area contributed by atoms with E-state index < -0.39 is 5.97 Å². The summed E-state index contributed by atoms with van der Waals surface area (Å²) < 4.78 is 4.63. The number of ketones is 1. The number of aromatic nitrogens is 2. The zero-order valence-electron chi connectivity index (χ0n) is 10.5. The van der Waals surface area contributed by atoms with Crippen LogP contribution in [-0.4, -0.2) is 28.8 Å². The summed E-state index contributed by atoms with van der Waals surface area (Å²) in [7, 11) is 1.27. The van der Waals surface area contributed by atoms with E-state index in [1.165, 1.54) is 25.4 Å². The first-order valence-electron chi connectivity index (χ1n) is 5.59. The van der Waals surface area contributed by atoms with Crippen molar-refractivity contribution in [2.24, 2.45) is 0 Å². The highest BCUT2D eigenvalue weighted by molar-refractivity contribution is 7.14. The second-order valence-electron chi connectivity index (χ2n) is 3.87. The van der Waals surface area contributed by atoms with Crippen LogP contribution in [0, 0.1) is 0 Å². The molecule has 0 amide bonds. The maximum absolute atomic E-state index is 11.6. The van der Waals surface area contributed by atoms with Crippen LogP contribution in [0.2, 0.25) is 0 Å². The molecule has 2 aromatic rings. The van der Waals surface area contributed by atoms with Gasteiger partial charge in [0.25, 0.3) is 0 Å². The molecular formula is C13H12N2O3S. The number of Topliss-reactive ketones (excluding diaryl/α,β-unsaturated/α-hetero) is 1. The Hall–Kier alpha value is -2.08. The monoisotopic (exact) mass is 276 g/mol. The van der Waals surface area contributed by atoms with Gasteiger partial charge in [-0.25, -0.2) is 9.78 Å². The van der Waals surface area contributed by atoms with E-state index in [0.29, 0.717) is 16.3 Å².